The van der Waals surface area contributed by atoms with Gasteiger partial charge in [0.05, 0.1) is 7.11 Å². The molecule has 1 saturated carbocycles. The van der Waals surface area contributed by atoms with E-state index in [2.05, 4.69) is 4.74 Å². The van der Waals surface area contributed by atoms with Crippen LogP contribution in [0.5, 0.6) is 0 Å². The molecule has 0 radical (unpaired) electrons. The lowest BCUT2D eigenvalue weighted by atomic mass is 9.83. The van der Waals surface area contributed by atoms with Crippen molar-refractivity contribution in [2.24, 2.45) is 0 Å². The normalized spacial score (nSPS) is 20.8. The van der Waals surface area contributed by atoms with Gasteiger partial charge in [-0.3, -0.25) is 4.79 Å². The molecule has 0 aliphatic heterocycles. The molecule has 1 aliphatic carbocycles. The van der Waals surface area contributed by atoms with E-state index in [9.17, 15) is 14.0 Å². The summed E-state index contributed by atoms with van der Waals surface area (Å²) in [6.45, 7) is 0. The van der Waals surface area contributed by atoms with Gasteiger partial charge in [0.2, 0.25) is 0 Å². The largest absolute Gasteiger partial charge is 0.463 e. The van der Waals surface area contributed by atoms with Crippen LogP contribution in [0.4, 0.5) is 4.39 Å². The van der Waals surface area contributed by atoms with Gasteiger partial charge in [0.1, 0.15) is 0 Å². The van der Waals surface area contributed by atoms with Crippen LogP contribution in [0.1, 0.15) is 32.1 Å². The standard InChI is InChI=1S/C9H13FO3/c1-13-8(12)7(11)9(10)5-3-2-4-6-9/h2-6H2,1H3. The summed E-state index contributed by atoms with van der Waals surface area (Å²) >= 11 is 0. The van der Waals surface area contributed by atoms with E-state index in [0.29, 0.717) is 12.8 Å². The number of hydrogen-bond acceptors (Lipinski definition) is 3. The Morgan fingerprint density at radius 1 is 1.23 bits per heavy atom. The molecule has 1 fully saturated rings. The minimum Gasteiger partial charge on any atom is -0.463 e. The van der Waals surface area contributed by atoms with Gasteiger partial charge in [-0.05, 0) is 25.7 Å². The Kier molecular flexibility index (Phi) is 3.01. The van der Waals surface area contributed by atoms with Crippen molar-refractivity contribution < 1.29 is 18.7 Å². The van der Waals surface area contributed by atoms with Gasteiger partial charge in [-0.25, -0.2) is 9.18 Å². The maximum Gasteiger partial charge on any atom is 0.377 e. The first-order valence-corrected chi connectivity index (χ1v) is 4.42. The molecule has 1 aliphatic rings. The van der Waals surface area contributed by atoms with Crippen LogP contribution >= 0.6 is 0 Å². The smallest absolute Gasteiger partial charge is 0.377 e. The summed E-state index contributed by atoms with van der Waals surface area (Å²) in [6, 6.07) is 0. The van der Waals surface area contributed by atoms with E-state index in [1.165, 1.54) is 0 Å². The van der Waals surface area contributed by atoms with Crippen molar-refractivity contribution in [3.8, 4) is 0 Å². The molecule has 13 heavy (non-hydrogen) atoms. The molecule has 0 spiro atoms. The fraction of sp³-hybridized carbons (Fsp3) is 0.778. The molecule has 0 aromatic heterocycles. The van der Waals surface area contributed by atoms with Crippen molar-refractivity contribution in [3.05, 3.63) is 0 Å². The van der Waals surface area contributed by atoms with E-state index in [-0.39, 0.29) is 12.8 Å². The maximum atomic E-state index is 13.8. The van der Waals surface area contributed by atoms with E-state index in [1.54, 1.807) is 0 Å². The highest BCUT2D eigenvalue weighted by molar-refractivity contribution is 6.36. The summed E-state index contributed by atoms with van der Waals surface area (Å²) < 4.78 is 18.0. The van der Waals surface area contributed by atoms with Crippen molar-refractivity contribution in [1.29, 1.82) is 0 Å². The predicted molar refractivity (Wildman–Crippen MR) is 43.9 cm³/mol. The Morgan fingerprint density at radius 2 is 1.77 bits per heavy atom. The molecule has 0 bridgehead atoms. The summed E-state index contributed by atoms with van der Waals surface area (Å²) in [5, 5.41) is 0. The van der Waals surface area contributed by atoms with E-state index in [4.69, 9.17) is 0 Å². The zero-order chi connectivity index (χ0) is 9.90. The van der Waals surface area contributed by atoms with Crippen LogP contribution in [0.3, 0.4) is 0 Å². The van der Waals surface area contributed by atoms with Gasteiger partial charge < -0.3 is 4.74 Å². The lowest BCUT2D eigenvalue weighted by molar-refractivity contribution is -0.158. The van der Waals surface area contributed by atoms with Crippen molar-refractivity contribution in [3.63, 3.8) is 0 Å². The molecule has 0 unspecified atom stereocenters. The Hall–Kier alpha value is -0.930. The monoisotopic (exact) mass is 188 g/mol. The molecule has 0 atom stereocenters. The van der Waals surface area contributed by atoms with Crippen LogP contribution in [-0.4, -0.2) is 24.5 Å². The number of halogens is 1. The SMILES string of the molecule is COC(=O)C(=O)C1(F)CCCCC1. The number of ether oxygens (including phenoxy) is 1. The molecular formula is C9H13FO3. The second kappa shape index (κ2) is 3.85. The number of Topliss-reactive ketones (excluding diaryl/α,β-unsaturated/α-hetero) is 1. The quantitative estimate of drug-likeness (QED) is 0.486. The molecule has 0 aromatic rings. The lowest BCUT2D eigenvalue weighted by Gasteiger charge is -2.26. The van der Waals surface area contributed by atoms with E-state index in [1.807, 2.05) is 0 Å². The number of carbonyl (C=O) groups excluding carboxylic acids is 2. The summed E-state index contributed by atoms with van der Waals surface area (Å²) in [7, 11) is 1.09. The third kappa shape index (κ3) is 2.05. The topological polar surface area (TPSA) is 43.4 Å². The van der Waals surface area contributed by atoms with Crippen molar-refractivity contribution in [1.82, 2.24) is 0 Å². The number of rotatable bonds is 2. The highest BCUT2D eigenvalue weighted by atomic mass is 19.1. The number of carbonyl (C=O) groups is 2. The maximum absolute atomic E-state index is 13.8. The number of ketones is 1. The number of methoxy groups -OCH3 is 1. The van der Waals surface area contributed by atoms with Crippen molar-refractivity contribution in [2.75, 3.05) is 7.11 Å². The fourth-order valence-electron chi connectivity index (χ4n) is 1.61. The van der Waals surface area contributed by atoms with Crippen LogP contribution in [0.15, 0.2) is 0 Å². The molecule has 0 saturated heterocycles. The number of hydrogen-bond donors (Lipinski definition) is 0. The summed E-state index contributed by atoms with van der Waals surface area (Å²) in [6.07, 6.45) is 2.57. The Labute approximate surface area is 76.3 Å². The molecular weight excluding hydrogens is 175 g/mol. The molecule has 3 nitrogen and oxygen atoms in total. The average molecular weight is 188 g/mol. The number of alkyl halides is 1. The van der Waals surface area contributed by atoms with Gasteiger partial charge in [0.25, 0.3) is 5.78 Å². The van der Waals surface area contributed by atoms with Gasteiger partial charge in [0, 0.05) is 0 Å². The van der Waals surface area contributed by atoms with E-state index in [0.717, 1.165) is 13.5 Å². The minimum absolute atomic E-state index is 0.154. The van der Waals surface area contributed by atoms with Crippen LogP contribution in [0.25, 0.3) is 0 Å². The molecule has 0 heterocycles. The van der Waals surface area contributed by atoms with Crippen LogP contribution in [0.2, 0.25) is 0 Å². The van der Waals surface area contributed by atoms with Gasteiger partial charge in [0.15, 0.2) is 5.67 Å². The lowest BCUT2D eigenvalue weighted by Crippen LogP contribution is -2.41. The third-order valence-corrected chi connectivity index (χ3v) is 2.42. The third-order valence-electron chi connectivity index (χ3n) is 2.42. The molecule has 0 N–H and O–H groups in total. The molecule has 4 heteroatoms. The summed E-state index contributed by atoms with van der Waals surface area (Å²) in [5.74, 6) is -2.08. The average Bonchev–Trinajstić information content (AvgIpc) is 2.16. The first kappa shape index (κ1) is 10.2. The summed E-state index contributed by atoms with van der Waals surface area (Å²) in [5.41, 5.74) is -1.95. The highest BCUT2D eigenvalue weighted by Gasteiger charge is 2.43. The second-order valence-corrected chi connectivity index (χ2v) is 3.35. The van der Waals surface area contributed by atoms with Crippen LogP contribution in [-0.2, 0) is 14.3 Å². The van der Waals surface area contributed by atoms with E-state index >= 15 is 0 Å². The Morgan fingerprint density at radius 3 is 2.23 bits per heavy atom. The van der Waals surface area contributed by atoms with Gasteiger partial charge in [-0.2, -0.15) is 0 Å². The molecule has 0 amide bonds. The van der Waals surface area contributed by atoms with Gasteiger partial charge in [-0.1, -0.05) is 6.42 Å². The zero-order valence-electron chi connectivity index (χ0n) is 7.64. The first-order valence-electron chi connectivity index (χ1n) is 4.42. The predicted octanol–water partition coefficient (Wildman–Crippen LogP) is 1.40. The second-order valence-electron chi connectivity index (χ2n) is 3.35. The molecule has 74 valence electrons. The van der Waals surface area contributed by atoms with Crippen LogP contribution < -0.4 is 0 Å². The fourth-order valence-corrected chi connectivity index (χ4v) is 1.61. The van der Waals surface area contributed by atoms with Crippen LogP contribution in [0, 0.1) is 0 Å². The van der Waals surface area contributed by atoms with Gasteiger partial charge in [-0.15, -0.1) is 0 Å². The Bertz CT molecular complexity index is 219. The number of esters is 1. The molecule has 1 rings (SSSR count). The van der Waals surface area contributed by atoms with Crippen molar-refractivity contribution >= 4 is 11.8 Å². The molecule has 0 aromatic carbocycles. The minimum atomic E-state index is -1.95. The first-order chi connectivity index (χ1) is 6.10. The van der Waals surface area contributed by atoms with Crippen molar-refractivity contribution in [2.45, 2.75) is 37.8 Å². The zero-order valence-corrected chi connectivity index (χ0v) is 7.64. The van der Waals surface area contributed by atoms with Gasteiger partial charge >= 0.3 is 5.97 Å². The highest BCUT2D eigenvalue weighted by Crippen LogP contribution is 2.32. The van der Waals surface area contributed by atoms with E-state index < -0.39 is 17.4 Å². The summed E-state index contributed by atoms with van der Waals surface area (Å²) in [4.78, 5) is 22.0. The Balaban J connectivity index is 2.67.